The van der Waals surface area contributed by atoms with Crippen molar-refractivity contribution in [1.29, 1.82) is 0 Å². The highest BCUT2D eigenvalue weighted by Crippen LogP contribution is 2.29. The van der Waals surface area contributed by atoms with E-state index in [0.29, 0.717) is 11.3 Å². The Bertz CT molecular complexity index is 209. The zero-order valence-electron chi connectivity index (χ0n) is 12.6. The van der Waals surface area contributed by atoms with Crippen LogP contribution < -0.4 is 5.32 Å². The van der Waals surface area contributed by atoms with Crippen LogP contribution in [0.3, 0.4) is 0 Å². The third kappa shape index (κ3) is 7.34. The van der Waals surface area contributed by atoms with E-state index in [1.54, 1.807) is 7.11 Å². The van der Waals surface area contributed by atoms with Gasteiger partial charge in [0.1, 0.15) is 0 Å². The van der Waals surface area contributed by atoms with E-state index >= 15 is 0 Å². The van der Waals surface area contributed by atoms with Crippen LogP contribution in [0.1, 0.15) is 46.5 Å². The Hall–Kier alpha value is -0.120. The minimum Gasteiger partial charge on any atom is -0.385 e. The van der Waals surface area contributed by atoms with E-state index < -0.39 is 0 Å². The normalized spacial score (nSPS) is 18.0. The van der Waals surface area contributed by atoms with Gasteiger partial charge in [-0.05, 0) is 43.6 Å². The van der Waals surface area contributed by atoms with Gasteiger partial charge >= 0.3 is 0 Å². The van der Waals surface area contributed by atoms with Gasteiger partial charge in [-0.2, -0.15) is 0 Å². The number of methoxy groups -OCH3 is 1. The van der Waals surface area contributed by atoms with Gasteiger partial charge in [0.05, 0.1) is 0 Å². The average molecular weight is 257 g/mol. The van der Waals surface area contributed by atoms with Crippen LogP contribution in [0.25, 0.3) is 0 Å². The van der Waals surface area contributed by atoms with Crippen molar-refractivity contribution >= 4 is 0 Å². The topological polar surface area (TPSA) is 30.5 Å². The first-order chi connectivity index (χ1) is 8.54. The molecule has 0 heterocycles. The quantitative estimate of drug-likeness (QED) is 0.610. The molecular weight excluding hydrogens is 226 g/mol. The summed E-state index contributed by atoms with van der Waals surface area (Å²) in [6.07, 6.45) is 4.88. The highest BCUT2D eigenvalue weighted by atomic mass is 16.5. The third-order valence-electron chi connectivity index (χ3n) is 3.70. The molecule has 108 valence electrons. The Kier molecular flexibility index (Phi) is 7.20. The smallest absolute Gasteiger partial charge is 0.0487 e. The highest BCUT2D eigenvalue weighted by Gasteiger charge is 2.27. The van der Waals surface area contributed by atoms with Crippen LogP contribution in [-0.4, -0.2) is 39.5 Å². The minimum absolute atomic E-state index is 0.359. The molecule has 0 bridgehead atoms. The molecule has 0 aromatic rings. The first-order valence-corrected chi connectivity index (χ1v) is 7.34. The summed E-state index contributed by atoms with van der Waals surface area (Å²) in [4.78, 5) is 0. The Labute approximate surface area is 113 Å². The third-order valence-corrected chi connectivity index (χ3v) is 3.70. The maximum atomic E-state index is 5.68. The summed E-state index contributed by atoms with van der Waals surface area (Å²) in [5.74, 6) is 0.695. The van der Waals surface area contributed by atoms with Crippen LogP contribution in [0.5, 0.6) is 0 Å². The zero-order valence-corrected chi connectivity index (χ0v) is 12.6. The minimum atomic E-state index is 0.359. The van der Waals surface area contributed by atoms with Gasteiger partial charge in [-0.3, -0.25) is 0 Å². The molecule has 1 aliphatic carbocycles. The molecule has 1 aliphatic rings. The monoisotopic (exact) mass is 257 g/mol. The second kappa shape index (κ2) is 8.13. The molecule has 1 fully saturated rings. The molecule has 0 amide bonds. The molecule has 3 nitrogen and oxygen atoms in total. The van der Waals surface area contributed by atoms with E-state index in [-0.39, 0.29) is 0 Å². The first-order valence-electron chi connectivity index (χ1n) is 7.34. The van der Waals surface area contributed by atoms with Crippen molar-refractivity contribution < 1.29 is 9.47 Å². The maximum Gasteiger partial charge on any atom is 0.0487 e. The summed E-state index contributed by atoms with van der Waals surface area (Å²) in [5.41, 5.74) is 0.359. The standard InChI is InChI=1S/C15H31NO2/c1-15(2,3)13(12-16-14-6-7-14)8-11-18-10-5-9-17-4/h13-14,16H,5-12H2,1-4H3. The van der Waals surface area contributed by atoms with E-state index in [4.69, 9.17) is 9.47 Å². The van der Waals surface area contributed by atoms with Crippen molar-refractivity contribution in [3.63, 3.8) is 0 Å². The van der Waals surface area contributed by atoms with Crippen molar-refractivity contribution in [1.82, 2.24) is 5.32 Å². The molecule has 0 radical (unpaired) electrons. The molecule has 1 unspecified atom stereocenters. The SMILES string of the molecule is COCCCOCCC(CNC1CC1)C(C)(C)C. The van der Waals surface area contributed by atoms with E-state index in [0.717, 1.165) is 45.2 Å². The van der Waals surface area contributed by atoms with E-state index in [1.165, 1.54) is 12.8 Å². The Morgan fingerprint density at radius 1 is 1.17 bits per heavy atom. The van der Waals surface area contributed by atoms with Gasteiger partial charge < -0.3 is 14.8 Å². The summed E-state index contributed by atoms with van der Waals surface area (Å²) >= 11 is 0. The second-order valence-corrected chi connectivity index (χ2v) is 6.49. The average Bonchev–Trinajstić information content (AvgIpc) is 3.09. The van der Waals surface area contributed by atoms with Gasteiger partial charge in [-0.25, -0.2) is 0 Å². The second-order valence-electron chi connectivity index (χ2n) is 6.49. The zero-order chi connectivity index (χ0) is 13.4. The van der Waals surface area contributed by atoms with Crippen LogP contribution in [0.15, 0.2) is 0 Å². The van der Waals surface area contributed by atoms with Gasteiger partial charge in [0.15, 0.2) is 0 Å². The van der Waals surface area contributed by atoms with Gasteiger partial charge in [0.25, 0.3) is 0 Å². The fourth-order valence-corrected chi connectivity index (χ4v) is 2.07. The summed E-state index contributed by atoms with van der Waals surface area (Å²) in [7, 11) is 1.74. The number of rotatable bonds is 10. The summed E-state index contributed by atoms with van der Waals surface area (Å²) in [6, 6.07) is 0.803. The molecule has 1 N–H and O–H groups in total. The molecule has 1 rings (SSSR count). The first kappa shape index (κ1) is 15.9. The van der Waals surface area contributed by atoms with Crippen molar-refractivity contribution in [3.05, 3.63) is 0 Å². The molecule has 0 aromatic heterocycles. The summed E-state index contributed by atoms with van der Waals surface area (Å²) in [6.45, 7) is 10.6. The largest absolute Gasteiger partial charge is 0.385 e. The molecule has 0 aliphatic heterocycles. The lowest BCUT2D eigenvalue weighted by molar-refractivity contribution is 0.0789. The Morgan fingerprint density at radius 2 is 1.89 bits per heavy atom. The van der Waals surface area contributed by atoms with Crippen LogP contribution in [0, 0.1) is 11.3 Å². The van der Waals surface area contributed by atoms with Crippen molar-refractivity contribution in [2.45, 2.75) is 52.5 Å². The summed E-state index contributed by atoms with van der Waals surface area (Å²) in [5, 5.41) is 3.65. The Balaban J connectivity index is 2.10. The van der Waals surface area contributed by atoms with Gasteiger partial charge in [-0.15, -0.1) is 0 Å². The van der Waals surface area contributed by atoms with E-state index in [9.17, 15) is 0 Å². The van der Waals surface area contributed by atoms with Crippen LogP contribution >= 0.6 is 0 Å². The molecule has 18 heavy (non-hydrogen) atoms. The summed E-state index contributed by atoms with van der Waals surface area (Å²) < 4.78 is 10.7. The van der Waals surface area contributed by atoms with Crippen LogP contribution in [0.4, 0.5) is 0 Å². The lowest BCUT2D eigenvalue weighted by atomic mass is 9.79. The van der Waals surface area contributed by atoms with E-state index in [2.05, 4.69) is 26.1 Å². The molecule has 3 heteroatoms. The molecule has 0 spiro atoms. The van der Waals surface area contributed by atoms with Gasteiger partial charge in [-0.1, -0.05) is 20.8 Å². The number of ether oxygens (including phenoxy) is 2. The van der Waals surface area contributed by atoms with Crippen molar-refractivity contribution in [3.8, 4) is 0 Å². The molecule has 0 aromatic carbocycles. The predicted octanol–water partition coefficient (Wildman–Crippen LogP) is 2.84. The Morgan fingerprint density at radius 3 is 2.44 bits per heavy atom. The lowest BCUT2D eigenvalue weighted by Crippen LogP contribution is -2.33. The molecule has 1 saturated carbocycles. The van der Waals surface area contributed by atoms with Crippen molar-refractivity contribution in [2.75, 3.05) is 33.5 Å². The lowest BCUT2D eigenvalue weighted by Gasteiger charge is -2.31. The predicted molar refractivity (Wildman–Crippen MR) is 75.9 cm³/mol. The fraction of sp³-hybridized carbons (Fsp3) is 1.00. The molecule has 1 atom stereocenters. The molecule has 0 saturated heterocycles. The van der Waals surface area contributed by atoms with Crippen LogP contribution in [0.2, 0.25) is 0 Å². The van der Waals surface area contributed by atoms with Crippen LogP contribution in [-0.2, 0) is 9.47 Å². The maximum absolute atomic E-state index is 5.68. The number of hydrogen-bond acceptors (Lipinski definition) is 3. The van der Waals surface area contributed by atoms with E-state index in [1.807, 2.05) is 0 Å². The van der Waals surface area contributed by atoms with Gasteiger partial charge in [0.2, 0.25) is 0 Å². The van der Waals surface area contributed by atoms with Crippen molar-refractivity contribution in [2.24, 2.45) is 11.3 Å². The highest BCUT2D eigenvalue weighted by molar-refractivity contribution is 4.84. The number of nitrogens with one attached hydrogen (secondary N) is 1. The van der Waals surface area contributed by atoms with Gasteiger partial charge in [0, 0.05) is 33.0 Å². The molecular formula is C15H31NO2. The fourth-order valence-electron chi connectivity index (χ4n) is 2.07. The number of hydrogen-bond donors (Lipinski definition) is 1.